The third-order valence-electron chi connectivity index (χ3n) is 2.12. The summed E-state index contributed by atoms with van der Waals surface area (Å²) in [5.41, 5.74) is 0.932. The summed E-state index contributed by atoms with van der Waals surface area (Å²) in [7, 11) is 0. The second-order valence-corrected chi connectivity index (χ2v) is 4.68. The minimum absolute atomic E-state index is 0.391. The van der Waals surface area contributed by atoms with Crippen LogP contribution in [-0.4, -0.2) is 9.97 Å². The van der Waals surface area contributed by atoms with Crippen LogP contribution in [0.5, 0.6) is 5.88 Å². The van der Waals surface area contributed by atoms with Crippen LogP contribution in [-0.2, 0) is 6.61 Å². The van der Waals surface area contributed by atoms with Crippen LogP contribution in [0.1, 0.15) is 11.4 Å². The van der Waals surface area contributed by atoms with E-state index in [1.54, 1.807) is 6.07 Å². The molecule has 2 rings (SSSR count). The lowest BCUT2D eigenvalue weighted by molar-refractivity contribution is 0.292. The topological polar surface area (TPSA) is 35.0 Å². The van der Waals surface area contributed by atoms with Gasteiger partial charge in [-0.1, -0.05) is 29.8 Å². The lowest BCUT2D eigenvalue weighted by Gasteiger charge is -2.07. The van der Waals surface area contributed by atoms with Crippen molar-refractivity contribution in [2.24, 2.45) is 0 Å². The molecule has 0 radical (unpaired) electrons. The van der Waals surface area contributed by atoms with Crippen LogP contribution in [0.25, 0.3) is 0 Å². The number of aromatic nitrogens is 2. The summed E-state index contributed by atoms with van der Waals surface area (Å²) < 4.78 is 6.28. The number of nitrogens with zero attached hydrogens (tertiary/aromatic N) is 2. The van der Waals surface area contributed by atoms with Gasteiger partial charge in [0.2, 0.25) is 5.88 Å². The molecular weight excluding hydrogens is 304 g/mol. The van der Waals surface area contributed by atoms with Gasteiger partial charge >= 0.3 is 0 Å². The van der Waals surface area contributed by atoms with Gasteiger partial charge < -0.3 is 4.74 Å². The molecule has 88 valence electrons. The molecule has 0 amide bonds. The maximum Gasteiger partial charge on any atom is 0.218 e. The summed E-state index contributed by atoms with van der Waals surface area (Å²) in [5.74, 6) is 1.19. The summed E-state index contributed by atoms with van der Waals surface area (Å²) >= 11 is 9.33. The third-order valence-corrected chi connectivity index (χ3v) is 2.89. The van der Waals surface area contributed by atoms with Crippen LogP contribution in [0.4, 0.5) is 0 Å². The predicted octanol–water partition coefficient (Wildman–Crippen LogP) is 3.78. The van der Waals surface area contributed by atoms with Crippen LogP contribution in [0.2, 0.25) is 5.02 Å². The van der Waals surface area contributed by atoms with Crippen molar-refractivity contribution in [3.8, 4) is 5.88 Å². The Bertz CT molecular complexity index is 513. The normalized spacial score (nSPS) is 10.3. The van der Waals surface area contributed by atoms with Crippen LogP contribution in [0.3, 0.4) is 0 Å². The number of hydrogen-bond acceptors (Lipinski definition) is 3. The summed E-state index contributed by atoms with van der Waals surface area (Å²) in [4.78, 5) is 8.28. The average Bonchev–Trinajstić information content (AvgIpc) is 2.27. The minimum Gasteiger partial charge on any atom is -0.473 e. The molecule has 1 heterocycles. The number of hydrogen-bond donors (Lipinski definition) is 0. The monoisotopic (exact) mass is 312 g/mol. The smallest absolute Gasteiger partial charge is 0.218 e. The maximum absolute atomic E-state index is 6.03. The molecular formula is C12H10BrClN2O. The van der Waals surface area contributed by atoms with E-state index in [1.165, 1.54) is 0 Å². The zero-order valence-electron chi connectivity index (χ0n) is 9.15. The third kappa shape index (κ3) is 3.41. The van der Waals surface area contributed by atoms with Crippen molar-refractivity contribution < 1.29 is 4.74 Å². The molecule has 1 aromatic carbocycles. The van der Waals surface area contributed by atoms with Crippen LogP contribution in [0, 0.1) is 6.92 Å². The second kappa shape index (κ2) is 5.47. The fourth-order valence-corrected chi connectivity index (χ4v) is 1.99. The maximum atomic E-state index is 6.03. The van der Waals surface area contributed by atoms with E-state index in [0.29, 0.717) is 27.9 Å². The van der Waals surface area contributed by atoms with Gasteiger partial charge in [0.1, 0.15) is 17.0 Å². The molecule has 3 nitrogen and oxygen atoms in total. The van der Waals surface area contributed by atoms with E-state index >= 15 is 0 Å². The molecule has 0 saturated heterocycles. The van der Waals surface area contributed by atoms with Gasteiger partial charge in [-0.15, -0.1) is 0 Å². The summed E-state index contributed by atoms with van der Waals surface area (Å²) in [6.45, 7) is 2.20. The van der Waals surface area contributed by atoms with Crippen LogP contribution >= 0.6 is 27.5 Å². The summed E-state index contributed by atoms with van der Waals surface area (Å²) in [5, 5.41) is 0.692. The Balaban J connectivity index is 2.10. The Morgan fingerprint density at radius 3 is 2.76 bits per heavy atom. The predicted molar refractivity (Wildman–Crippen MR) is 70.3 cm³/mol. The first-order chi connectivity index (χ1) is 8.15. The van der Waals surface area contributed by atoms with E-state index in [1.807, 2.05) is 31.2 Å². The number of benzene rings is 1. The van der Waals surface area contributed by atoms with Gasteiger partial charge in [0, 0.05) is 16.7 Å². The van der Waals surface area contributed by atoms with Crippen molar-refractivity contribution in [1.82, 2.24) is 9.97 Å². The minimum atomic E-state index is 0.391. The lowest BCUT2D eigenvalue weighted by atomic mass is 10.2. The summed E-state index contributed by atoms with van der Waals surface area (Å²) in [6.07, 6.45) is 0. The van der Waals surface area contributed by atoms with E-state index in [-0.39, 0.29) is 0 Å². The molecule has 0 N–H and O–H groups in total. The van der Waals surface area contributed by atoms with Gasteiger partial charge in [-0.3, -0.25) is 0 Å². The Morgan fingerprint density at radius 2 is 2.06 bits per heavy atom. The molecule has 0 aliphatic heterocycles. The molecule has 0 saturated carbocycles. The molecule has 2 aromatic rings. The quantitative estimate of drug-likeness (QED) is 0.809. The van der Waals surface area contributed by atoms with Crippen molar-refractivity contribution in [2.75, 3.05) is 0 Å². The van der Waals surface area contributed by atoms with Gasteiger partial charge in [-0.05, 0) is 28.9 Å². The first-order valence-corrected chi connectivity index (χ1v) is 6.19. The highest BCUT2D eigenvalue weighted by molar-refractivity contribution is 9.10. The second-order valence-electron chi connectivity index (χ2n) is 3.46. The van der Waals surface area contributed by atoms with Crippen molar-refractivity contribution in [2.45, 2.75) is 13.5 Å². The first-order valence-electron chi connectivity index (χ1n) is 5.02. The summed E-state index contributed by atoms with van der Waals surface area (Å²) in [6, 6.07) is 9.29. The average molecular weight is 314 g/mol. The van der Waals surface area contributed by atoms with Crippen molar-refractivity contribution >= 4 is 27.5 Å². The molecule has 0 aliphatic rings. The zero-order chi connectivity index (χ0) is 12.3. The molecule has 0 aliphatic carbocycles. The number of rotatable bonds is 3. The fraction of sp³-hybridized carbons (Fsp3) is 0.167. The van der Waals surface area contributed by atoms with Gasteiger partial charge in [0.15, 0.2) is 0 Å². The lowest BCUT2D eigenvalue weighted by Crippen LogP contribution is -2.00. The molecule has 0 fully saturated rings. The Hall–Kier alpha value is -1.13. The van der Waals surface area contributed by atoms with E-state index in [0.717, 1.165) is 5.56 Å². The van der Waals surface area contributed by atoms with Crippen LogP contribution in [0.15, 0.2) is 34.9 Å². The SMILES string of the molecule is Cc1nc(Br)cc(OCc2ccccc2Cl)n1. The van der Waals surface area contributed by atoms with E-state index in [2.05, 4.69) is 25.9 Å². The Labute approximate surface area is 113 Å². The highest BCUT2D eigenvalue weighted by Gasteiger charge is 2.03. The first kappa shape index (κ1) is 12.3. The molecule has 1 aromatic heterocycles. The fourth-order valence-electron chi connectivity index (χ4n) is 1.35. The highest BCUT2D eigenvalue weighted by atomic mass is 79.9. The van der Waals surface area contributed by atoms with Gasteiger partial charge in [0.05, 0.1) is 0 Å². The van der Waals surface area contributed by atoms with E-state index in [9.17, 15) is 0 Å². The van der Waals surface area contributed by atoms with Crippen molar-refractivity contribution in [3.63, 3.8) is 0 Å². The molecule has 0 unspecified atom stereocenters. The van der Waals surface area contributed by atoms with Gasteiger partial charge in [-0.2, -0.15) is 4.98 Å². The Kier molecular flexibility index (Phi) is 3.97. The van der Waals surface area contributed by atoms with Gasteiger partial charge in [-0.25, -0.2) is 4.98 Å². The molecule has 0 atom stereocenters. The molecule has 17 heavy (non-hydrogen) atoms. The van der Waals surface area contributed by atoms with Crippen molar-refractivity contribution in [3.05, 3.63) is 51.3 Å². The van der Waals surface area contributed by atoms with Crippen molar-refractivity contribution in [1.29, 1.82) is 0 Å². The molecule has 0 spiro atoms. The van der Waals surface area contributed by atoms with E-state index < -0.39 is 0 Å². The zero-order valence-corrected chi connectivity index (χ0v) is 11.5. The van der Waals surface area contributed by atoms with Crippen LogP contribution < -0.4 is 4.74 Å². The number of aryl methyl sites for hydroxylation is 1. The molecule has 5 heteroatoms. The number of ether oxygens (including phenoxy) is 1. The largest absolute Gasteiger partial charge is 0.473 e. The standard InChI is InChI=1S/C12H10BrClN2O/c1-8-15-11(13)6-12(16-8)17-7-9-4-2-3-5-10(9)14/h2-6H,7H2,1H3. The Morgan fingerprint density at radius 1 is 1.29 bits per heavy atom. The van der Waals surface area contributed by atoms with E-state index in [4.69, 9.17) is 16.3 Å². The highest BCUT2D eigenvalue weighted by Crippen LogP contribution is 2.19. The number of halogens is 2. The molecule has 0 bridgehead atoms. The van der Waals surface area contributed by atoms with Gasteiger partial charge in [0.25, 0.3) is 0 Å².